The van der Waals surface area contributed by atoms with Crippen LogP contribution in [0.2, 0.25) is 0 Å². The van der Waals surface area contributed by atoms with Gasteiger partial charge in [0.15, 0.2) is 14.9 Å². The number of sulfone groups is 1. The first-order valence-corrected chi connectivity index (χ1v) is 8.83. The highest BCUT2D eigenvalue weighted by Gasteiger charge is 2.28. The minimum atomic E-state index is -3.68. The summed E-state index contributed by atoms with van der Waals surface area (Å²) >= 11 is 0.712. The second-order valence-corrected chi connectivity index (χ2v) is 7.16. The summed E-state index contributed by atoms with van der Waals surface area (Å²) < 4.78 is 27.4. The fraction of sp³-hybridized carbons (Fsp3) is 0.545. The average molecular weight is 334 g/mol. The standard InChI is InChI=1S/C11H18N4O4S2/c1-3-5-6-13-11(17)14-9-7(8(12)16)10(15-20-9)21(18,19)4-2/h3-6H2,1-2H3,(H2,12,16)(H2,13,14,17). The molecule has 0 radical (unpaired) electrons. The van der Waals surface area contributed by atoms with Gasteiger partial charge in [-0.2, -0.15) is 4.37 Å². The predicted molar refractivity (Wildman–Crippen MR) is 80.3 cm³/mol. The van der Waals surface area contributed by atoms with E-state index in [0.717, 1.165) is 12.8 Å². The van der Waals surface area contributed by atoms with E-state index < -0.39 is 21.8 Å². The van der Waals surface area contributed by atoms with Crippen LogP contribution < -0.4 is 16.4 Å². The van der Waals surface area contributed by atoms with Gasteiger partial charge in [-0.1, -0.05) is 20.3 Å². The van der Waals surface area contributed by atoms with Crippen LogP contribution in [-0.2, 0) is 9.84 Å². The monoisotopic (exact) mass is 334 g/mol. The zero-order chi connectivity index (χ0) is 16.0. The molecule has 1 rings (SSSR count). The van der Waals surface area contributed by atoms with Crippen molar-refractivity contribution in [2.24, 2.45) is 5.73 Å². The van der Waals surface area contributed by atoms with Crippen molar-refractivity contribution in [1.82, 2.24) is 9.69 Å². The molecule has 0 atom stereocenters. The quantitative estimate of drug-likeness (QED) is 0.639. The highest BCUT2D eigenvalue weighted by Crippen LogP contribution is 2.28. The lowest BCUT2D eigenvalue weighted by Gasteiger charge is -2.06. The van der Waals surface area contributed by atoms with Crippen LogP contribution in [0.1, 0.15) is 37.0 Å². The summed E-state index contributed by atoms with van der Waals surface area (Å²) in [5, 5.41) is 4.64. The highest BCUT2D eigenvalue weighted by atomic mass is 32.2. The molecular formula is C11H18N4O4S2. The number of hydrogen-bond acceptors (Lipinski definition) is 6. The Morgan fingerprint density at radius 2 is 2.00 bits per heavy atom. The Morgan fingerprint density at radius 1 is 1.33 bits per heavy atom. The largest absolute Gasteiger partial charge is 0.365 e. The summed E-state index contributed by atoms with van der Waals surface area (Å²) in [6.45, 7) is 3.90. The zero-order valence-electron chi connectivity index (χ0n) is 11.8. The molecule has 0 aliphatic heterocycles. The van der Waals surface area contributed by atoms with E-state index in [-0.39, 0.29) is 21.3 Å². The maximum absolute atomic E-state index is 11.8. The first-order valence-electron chi connectivity index (χ1n) is 6.40. The molecule has 3 amide bonds. The average Bonchev–Trinajstić information content (AvgIpc) is 2.83. The lowest BCUT2D eigenvalue weighted by Crippen LogP contribution is -2.30. The first-order chi connectivity index (χ1) is 9.83. The number of carbonyl (C=O) groups excluding carboxylic acids is 2. The minimum absolute atomic E-state index is 0.0310. The van der Waals surface area contributed by atoms with Gasteiger partial charge in [0.05, 0.1) is 5.75 Å². The van der Waals surface area contributed by atoms with Crippen LogP contribution in [0.25, 0.3) is 0 Å². The molecule has 0 unspecified atom stereocenters. The molecule has 0 aliphatic rings. The lowest BCUT2D eigenvalue weighted by atomic mass is 10.3. The van der Waals surface area contributed by atoms with E-state index in [1.54, 1.807) is 0 Å². The van der Waals surface area contributed by atoms with Gasteiger partial charge in [-0.3, -0.25) is 10.1 Å². The van der Waals surface area contributed by atoms with Gasteiger partial charge in [-0.05, 0) is 18.0 Å². The molecule has 0 spiro atoms. The normalized spacial score (nSPS) is 11.1. The summed E-state index contributed by atoms with van der Waals surface area (Å²) in [6.07, 6.45) is 1.74. The Kier molecular flexibility index (Phi) is 6.09. The number of nitrogens with two attached hydrogens (primary N) is 1. The summed E-state index contributed by atoms with van der Waals surface area (Å²) in [4.78, 5) is 23.1. The van der Waals surface area contributed by atoms with Crippen molar-refractivity contribution in [2.45, 2.75) is 31.7 Å². The van der Waals surface area contributed by atoms with E-state index in [0.29, 0.717) is 18.1 Å². The van der Waals surface area contributed by atoms with Crippen molar-refractivity contribution in [3.63, 3.8) is 0 Å². The third-order valence-electron chi connectivity index (χ3n) is 2.62. The Hall–Kier alpha value is -1.68. The SMILES string of the molecule is CCCCNC(=O)Nc1snc(S(=O)(=O)CC)c1C(N)=O. The number of nitrogens with one attached hydrogen (secondary N) is 2. The van der Waals surface area contributed by atoms with E-state index in [9.17, 15) is 18.0 Å². The zero-order valence-corrected chi connectivity index (χ0v) is 13.4. The van der Waals surface area contributed by atoms with Gasteiger partial charge in [0, 0.05) is 6.54 Å². The third-order valence-corrected chi connectivity index (χ3v) is 5.15. The molecule has 4 N–H and O–H groups in total. The van der Waals surface area contributed by atoms with Crippen LogP contribution in [0, 0.1) is 0 Å². The van der Waals surface area contributed by atoms with E-state index in [1.165, 1.54) is 6.92 Å². The molecule has 21 heavy (non-hydrogen) atoms. The third kappa shape index (κ3) is 4.39. The summed E-state index contributed by atoms with van der Waals surface area (Å²) in [5.74, 6) is -1.15. The molecule has 0 saturated carbocycles. The van der Waals surface area contributed by atoms with Crippen molar-refractivity contribution in [3.8, 4) is 0 Å². The molecule has 8 nitrogen and oxygen atoms in total. The topological polar surface area (TPSA) is 131 Å². The fourth-order valence-electron chi connectivity index (χ4n) is 1.45. The van der Waals surface area contributed by atoms with Crippen molar-refractivity contribution in [1.29, 1.82) is 0 Å². The van der Waals surface area contributed by atoms with Crippen LogP contribution in [0.3, 0.4) is 0 Å². The van der Waals surface area contributed by atoms with Gasteiger partial charge in [-0.25, -0.2) is 13.2 Å². The predicted octanol–water partition coefficient (Wildman–Crippen LogP) is 0.957. The lowest BCUT2D eigenvalue weighted by molar-refractivity contribution is 0.0998. The van der Waals surface area contributed by atoms with Crippen LogP contribution in [-0.4, -0.2) is 37.0 Å². The van der Waals surface area contributed by atoms with Gasteiger partial charge in [0.25, 0.3) is 5.91 Å². The molecule has 1 heterocycles. The molecule has 1 aromatic rings. The van der Waals surface area contributed by atoms with E-state index in [2.05, 4.69) is 15.0 Å². The van der Waals surface area contributed by atoms with Crippen molar-refractivity contribution < 1.29 is 18.0 Å². The fourth-order valence-corrected chi connectivity index (χ4v) is 3.56. The van der Waals surface area contributed by atoms with E-state index in [4.69, 9.17) is 5.73 Å². The number of carbonyl (C=O) groups is 2. The van der Waals surface area contributed by atoms with Gasteiger partial charge >= 0.3 is 6.03 Å². The van der Waals surface area contributed by atoms with Crippen LogP contribution in [0.15, 0.2) is 5.03 Å². The molecule has 0 fully saturated rings. The van der Waals surface area contributed by atoms with E-state index >= 15 is 0 Å². The molecule has 1 aromatic heterocycles. The maximum atomic E-state index is 11.8. The maximum Gasteiger partial charge on any atom is 0.319 e. The van der Waals surface area contributed by atoms with Crippen LogP contribution in [0.4, 0.5) is 9.80 Å². The van der Waals surface area contributed by atoms with Gasteiger partial charge in [-0.15, -0.1) is 0 Å². The van der Waals surface area contributed by atoms with Crippen molar-refractivity contribution >= 4 is 38.3 Å². The number of anilines is 1. The van der Waals surface area contributed by atoms with Crippen molar-refractivity contribution in [3.05, 3.63) is 5.56 Å². The Labute approximate surface area is 127 Å². The van der Waals surface area contributed by atoms with Crippen LogP contribution >= 0.6 is 11.5 Å². The first kappa shape index (κ1) is 17.4. The molecule has 0 saturated heterocycles. The molecule has 0 aliphatic carbocycles. The van der Waals surface area contributed by atoms with E-state index in [1.807, 2.05) is 6.92 Å². The smallest absolute Gasteiger partial charge is 0.319 e. The summed E-state index contributed by atoms with van der Waals surface area (Å²) in [7, 11) is -3.68. The molecular weight excluding hydrogens is 316 g/mol. The summed E-state index contributed by atoms with van der Waals surface area (Å²) in [5.41, 5.74) is 4.93. The number of urea groups is 1. The number of aromatic nitrogens is 1. The van der Waals surface area contributed by atoms with Crippen molar-refractivity contribution in [2.75, 3.05) is 17.6 Å². The highest BCUT2D eigenvalue weighted by molar-refractivity contribution is 7.91. The summed E-state index contributed by atoms with van der Waals surface area (Å²) in [6, 6.07) is -0.532. The number of nitrogens with zero attached hydrogens (tertiary/aromatic N) is 1. The second kappa shape index (κ2) is 7.36. The number of unbranched alkanes of at least 4 members (excludes halogenated alkanes) is 1. The molecule has 118 valence electrons. The Morgan fingerprint density at radius 3 is 2.52 bits per heavy atom. The van der Waals surface area contributed by atoms with Gasteiger partial charge in [0.1, 0.15) is 10.6 Å². The minimum Gasteiger partial charge on any atom is -0.365 e. The molecule has 10 heteroatoms. The van der Waals surface area contributed by atoms with Crippen LogP contribution in [0.5, 0.6) is 0 Å². The molecule has 0 bridgehead atoms. The number of hydrogen-bond donors (Lipinski definition) is 3. The molecule has 0 aromatic carbocycles. The number of rotatable bonds is 7. The number of primary amides is 1. The van der Waals surface area contributed by atoms with Gasteiger partial charge in [0.2, 0.25) is 0 Å². The van der Waals surface area contributed by atoms with Gasteiger partial charge < -0.3 is 11.1 Å². The number of amides is 3. The Balaban J connectivity index is 2.99. The second-order valence-electron chi connectivity index (χ2n) is 4.19. The Bertz CT molecular complexity index is 624.